The molecular formula is C15H22O3S. The Hall–Kier alpha value is -1.16. The summed E-state index contributed by atoms with van der Waals surface area (Å²) in [4.78, 5) is 10.5. The first-order valence-corrected chi connectivity index (χ1v) is 7.57. The molecule has 0 heterocycles. The largest absolute Gasteiger partial charge is 0.493 e. The third kappa shape index (κ3) is 6.53. The van der Waals surface area contributed by atoms with Gasteiger partial charge in [-0.15, -0.1) is 0 Å². The van der Waals surface area contributed by atoms with Crippen LogP contribution in [0.2, 0.25) is 0 Å². The normalized spacial score (nSPS) is 12.2. The van der Waals surface area contributed by atoms with Crippen molar-refractivity contribution in [2.24, 2.45) is 0 Å². The van der Waals surface area contributed by atoms with E-state index in [1.165, 1.54) is 5.56 Å². The van der Waals surface area contributed by atoms with Crippen LogP contribution in [0, 0.1) is 13.8 Å². The molecule has 0 saturated carbocycles. The van der Waals surface area contributed by atoms with Crippen LogP contribution in [0.3, 0.4) is 0 Å². The molecule has 0 fully saturated rings. The predicted molar refractivity (Wildman–Crippen MR) is 80.2 cm³/mol. The summed E-state index contributed by atoms with van der Waals surface area (Å²) >= 11 is 1.69. The summed E-state index contributed by atoms with van der Waals surface area (Å²) in [5.41, 5.74) is 2.35. The van der Waals surface area contributed by atoms with Gasteiger partial charge in [-0.2, -0.15) is 11.8 Å². The highest BCUT2D eigenvalue weighted by molar-refractivity contribution is 7.99. The molecule has 4 heteroatoms. The molecule has 0 aliphatic heterocycles. The number of carboxylic acids is 1. The average Bonchev–Trinajstić information content (AvgIpc) is 2.32. The third-order valence-corrected chi connectivity index (χ3v) is 4.01. The molecule has 0 saturated heterocycles. The zero-order valence-corrected chi connectivity index (χ0v) is 12.6. The molecule has 1 unspecified atom stereocenters. The Morgan fingerprint density at radius 1 is 1.42 bits per heavy atom. The molecule has 1 N–H and O–H groups in total. The second-order valence-corrected chi connectivity index (χ2v) is 6.30. The number of aryl methyl sites for hydroxylation is 2. The van der Waals surface area contributed by atoms with Crippen molar-refractivity contribution in [3.8, 4) is 5.75 Å². The highest BCUT2D eigenvalue weighted by Crippen LogP contribution is 2.20. The van der Waals surface area contributed by atoms with E-state index >= 15 is 0 Å². The number of hydrogen-bond acceptors (Lipinski definition) is 3. The zero-order chi connectivity index (χ0) is 14.3. The third-order valence-electron chi connectivity index (χ3n) is 2.75. The molecule has 0 bridgehead atoms. The van der Waals surface area contributed by atoms with Crippen molar-refractivity contribution < 1.29 is 14.6 Å². The maximum absolute atomic E-state index is 10.5. The zero-order valence-electron chi connectivity index (χ0n) is 11.8. The number of thioether (sulfide) groups is 1. The van der Waals surface area contributed by atoms with Gasteiger partial charge in [0, 0.05) is 5.25 Å². The Balaban J connectivity index is 2.20. The second kappa shape index (κ2) is 8.10. The molecule has 0 aliphatic rings. The maximum Gasteiger partial charge on any atom is 0.304 e. The van der Waals surface area contributed by atoms with Gasteiger partial charge < -0.3 is 9.84 Å². The average molecular weight is 282 g/mol. The van der Waals surface area contributed by atoms with Crippen LogP contribution >= 0.6 is 11.8 Å². The topological polar surface area (TPSA) is 46.5 Å². The molecular weight excluding hydrogens is 260 g/mol. The van der Waals surface area contributed by atoms with Crippen LogP contribution in [-0.4, -0.2) is 28.7 Å². The highest BCUT2D eigenvalue weighted by atomic mass is 32.2. The Morgan fingerprint density at radius 3 is 2.84 bits per heavy atom. The van der Waals surface area contributed by atoms with Crippen LogP contribution in [0.25, 0.3) is 0 Å². The Kier molecular flexibility index (Phi) is 6.78. The van der Waals surface area contributed by atoms with Gasteiger partial charge in [0.25, 0.3) is 0 Å². The van der Waals surface area contributed by atoms with Crippen molar-refractivity contribution in [3.63, 3.8) is 0 Å². The fourth-order valence-electron chi connectivity index (χ4n) is 1.69. The van der Waals surface area contributed by atoms with Crippen molar-refractivity contribution in [2.75, 3.05) is 12.4 Å². The first kappa shape index (κ1) is 15.9. The summed E-state index contributed by atoms with van der Waals surface area (Å²) in [5, 5.41) is 8.82. The van der Waals surface area contributed by atoms with Gasteiger partial charge in [0.15, 0.2) is 0 Å². The van der Waals surface area contributed by atoms with E-state index in [9.17, 15) is 4.79 Å². The number of carbonyl (C=O) groups is 1. The van der Waals surface area contributed by atoms with Crippen LogP contribution < -0.4 is 4.74 Å². The lowest BCUT2D eigenvalue weighted by atomic mass is 10.1. The predicted octanol–water partition coefficient (Wildman–Crippen LogP) is 3.67. The summed E-state index contributed by atoms with van der Waals surface area (Å²) < 4.78 is 5.75. The molecule has 1 aromatic rings. The Labute approximate surface area is 119 Å². The van der Waals surface area contributed by atoms with Gasteiger partial charge >= 0.3 is 5.97 Å². The number of hydrogen-bond donors (Lipinski definition) is 1. The van der Waals surface area contributed by atoms with Crippen LogP contribution in [-0.2, 0) is 4.79 Å². The van der Waals surface area contributed by atoms with Crippen LogP contribution in [0.5, 0.6) is 5.75 Å². The number of rotatable bonds is 8. The fraction of sp³-hybridized carbons (Fsp3) is 0.533. The maximum atomic E-state index is 10.5. The number of aliphatic carboxylic acids is 1. The number of carboxylic acid groups (broad SMARTS) is 1. The molecule has 106 valence electrons. The van der Waals surface area contributed by atoms with E-state index in [1.807, 2.05) is 13.8 Å². The lowest BCUT2D eigenvalue weighted by molar-refractivity contribution is -0.136. The SMILES string of the molecule is Cc1ccc(C)c(OCCCSC(C)CC(=O)O)c1. The summed E-state index contributed by atoms with van der Waals surface area (Å²) in [6.45, 7) is 6.72. The second-order valence-electron chi connectivity index (χ2n) is 4.75. The summed E-state index contributed by atoms with van der Waals surface area (Å²) in [7, 11) is 0. The van der Waals surface area contributed by atoms with Crippen LogP contribution in [0.1, 0.15) is 30.9 Å². The molecule has 0 aliphatic carbocycles. The molecule has 1 atom stereocenters. The van der Waals surface area contributed by atoms with Gasteiger partial charge in [-0.3, -0.25) is 4.79 Å². The van der Waals surface area contributed by atoms with E-state index in [4.69, 9.17) is 9.84 Å². The lowest BCUT2D eigenvalue weighted by Gasteiger charge is -2.11. The van der Waals surface area contributed by atoms with Gasteiger partial charge in [-0.05, 0) is 43.2 Å². The summed E-state index contributed by atoms with van der Waals surface area (Å²) in [5.74, 6) is 1.15. The lowest BCUT2D eigenvalue weighted by Crippen LogP contribution is -2.07. The number of benzene rings is 1. The van der Waals surface area contributed by atoms with E-state index in [1.54, 1.807) is 11.8 Å². The van der Waals surface area contributed by atoms with E-state index in [-0.39, 0.29) is 11.7 Å². The van der Waals surface area contributed by atoms with Gasteiger partial charge in [0.2, 0.25) is 0 Å². The molecule has 1 rings (SSSR count). The van der Waals surface area contributed by atoms with Crippen LogP contribution in [0.4, 0.5) is 0 Å². The summed E-state index contributed by atoms with van der Waals surface area (Å²) in [6.07, 6.45) is 1.16. The number of ether oxygens (including phenoxy) is 1. The minimum Gasteiger partial charge on any atom is -0.493 e. The minimum absolute atomic E-state index is 0.165. The molecule has 1 aromatic carbocycles. The molecule has 0 radical (unpaired) electrons. The first-order chi connectivity index (χ1) is 8.99. The van der Waals surface area contributed by atoms with E-state index in [2.05, 4.69) is 25.1 Å². The van der Waals surface area contributed by atoms with Gasteiger partial charge in [0.05, 0.1) is 13.0 Å². The van der Waals surface area contributed by atoms with Crippen molar-refractivity contribution in [2.45, 2.75) is 38.9 Å². The van der Waals surface area contributed by atoms with Crippen molar-refractivity contribution in [3.05, 3.63) is 29.3 Å². The summed E-state index contributed by atoms with van der Waals surface area (Å²) in [6, 6.07) is 6.19. The van der Waals surface area contributed by atoms with Crippen LogP contribution in [0.15, 0.2) is 18.2 Å². The minimum atomic E-state index is -0.730. The Morgan fingerprint density at radius 2 is 2.16 bits per heavy atom. The monoisotopic (exact) mass is 282 g/mol. The molecule has 0 spiro atoms. The van der Waals surface area contributed by atoms with Crippen molar-refractivity contribution >= 4 is 17.7 Å². The first-order valence-electron chi connectivity index (χ1n) is 6.52. The molecule has 0 amide bonds. The highest BCUT2D eigenvalue weighted by Gasteiger charge is 2.07. The molecule has 3 nitrogen and oxygen atoms in total. The van der Waals surface area contributed by atoms with E-state index in [0.29, 0.717) is 6.61 Å². The molecule has 19 heavy (non-hydrogen) atoms. The quantitative estimate of drug-likeness (QED) is 0.739. The fourth-order valence-corrected chi connectivity index (χ4v) is 2.64. The van der Waals surface area contributed by atoms with Gasteiger partial charge in [0.1, 0.15) is 5.75 Å². The molecule has 0 aromatic heterocycles. The van der Waals surface area contributed by atoms with E-state index in [0.717, 1.165) is 23.5 Å². The van der Waals surface area contributed by atoms with Crippen molar-refractivity contribution in [1.82, 2.24) is 0 Å². The smallest absolute Gasteiger partial charge is 0.304 e. The standard InChI is InChI=1S/C15H22O3S/c1-11-5-6-12(2)14(9-11)18-7-4-8-19-13(3)10-15(16)17/h5-6,9,13H,4,7-8,10H2,1-3H3,(H,16,17). The van der Waals surface area contributed by atoms with Gasteiger partial charge in [-0.25, -0.2) is 0 Å². The van der Waals surface area contributed by atoms with Gasteiger partial charge in [-0.1, -0.05) is 19.1 Å². The Bertz CT molecular complexity index is 418. The van der Waals surface area contributed by atoms with Crippen molar-refractivity contribution in [1.29, 1.82) is 0 Å². The van der Waals surface area contributed by atoms with E-state index < -0.39 is 5.97 Å².